The summed E-state index contributed by atoms with van der Waals surface area (Å²) >= 11 is 0. The van der Waals surface area contributed by atoms with E-state index in [1.807, 2.05) is 0 Å². The third kappa shape index (κ3) is 1.13. The largest absolute Gasteiger partial charge is 0.358 e. The first-order valence-electron chi connectivity index (χ1n) is 4.61. The van der Waals surface area contributed by atoms with Crippen LogP contribution in [0.2, 0.25) is 0 Å². The fourth-order valence-electron chi connectivity index (χ4n) is 1.74. The number of hydrogen-bond donors (Lipinski definition) is 1. The summed E-state index contributed by atoms with van der Waals surface area (Å²) in [6.07, 6.45) is 2.55. The number of aromatic nitrogens is 1. The van der Waals surface area contributed by atoms with Crippen LogP contribution in [0.25, 0.3) is 10.9 Å². The minimum atomic E-state index is -0.158. The molecule has 13 heavy (non-hydrogen) atoms. The second kappa shape index (κ2) is 2.34. The van der Waals surface area contributed by atoms with Crippen LogP contribution in [0.15, 0.2) is 24.3 Å². The molecule has 1 heterocycles. The molecule has 1 saturated carbocycles. The van der Waals surface area contributed by atoms with E-state index in [2.05, 4.69) is 11.1 Å². The Kier molecular flexibility index (Phi) is 1.29. The molecule has 0 aliphatic heterocycles. The normalized spacial score (nSPS) is 16.7. The summed E-state index contributed by atoms with van der Waals surface area (Å²) in [4.78, 5) is 3.32. The molecule has 0 saturated heterocycles. The lowest BCUT2D eigenvalue weighted by Gasteiger charge is -1.88. The van der Waals surface area contributed by atoms with Crippen molar-refractivity contribution in [2.45, 2.75) is 18.8 Å². The molecule has 0 spiro atoms. The molecule has 1 aliphatic carbocycles. The van der Waals surface area contributed by atoms with Gasteiger partial charge in [-0.15, -0.1) is 0 Å². The van der Waals surface area contributed by atoms with Crippen molar-refractivity contribution >= 4 is 10.9 Å². The average Bonchev–Trinajstić information content (AvgIpc) is 2.87. The molecule has 1 aliphatic rings. The maximum absolute atomic E-state index is 12.8. The molecule has 2 aromatic rings. The number of rotatable bonds is 1. The van der Waals surface area contributed by atoms with Gasteiger partial charge < -0.3 is 4.98 Å². The molecule has 0 radical (unpaired) electrons. The maximum Gasteiger partial charge on any atom is 0.123 e. The molecule has 1 aromatic heterocycles. The van der Waals surface area contributed by atoms with Gasteiger partial charge >= 0.3 is 0 Å². The SMILES string of the molecule is Fc1ccc2[nH]c(C3CC3)cc2c1. The monoisotopic (exact) mass is 175 g/mol. The summed E-state index contributed by atoms with van der Waals surface area (Å²) in [6.45, 7) is 0. The lowest BCUT2D eigenvalue weighted by atomic mass is 10.2. The first-order valence-corrected chi connectivity index (χ1v) is 4.61. The van der Waals surface area contributed by atoms with Crippen LogP contribution in [0, 0.1) is 5.82 Å². The molecule has 2 heteroatoms. The van der Waals surface area contributed by atoms with E-state index in [9.17, 15) is 4.39 Å². The van der Waals surface area contributed by atoms with Gasteiger partial charge in [0.1, 0.15) is 5.82 Å². The molecule has 1 fully saturated rings. The van der Waals surface area contributed by atoms with Gasteiger partial charge in [0, 0.05) is 16.6 Å². The number of aromatic amines is 1. The van der Waals surface area contributed by atoms with Gasteiger partial charge in [-0.2, -0.15) is 0 Å². The van der Waals surface area contributed by atoms with Crippen molar-refractivity contribution in [1.82, 2.24) is 4.98 Å². The zero-order valence-electron chi connectivity index (χ0n) is 7.18. The topological polar surface area (TPSA) is 15.8 Å². The molecule has 0 bridgehead atoms. The molecule has 0 atom stereocenters. The molecule has 66 valence electrons. The van der Waals surface area contributed by atoms with Crippen LogP contribution < -0.4 is 0 Å². The van der Waals surface area contributed by atoms with Gasteiger partial charge in [-0.05, 0) is 43.0 Å². The molecule has 3 rings (SSSR count). The van der Waals surface area contributed by atoms with Crippen LogP contribution in [-0.2, 0) is 0 Å². The standard InChI is InChI=1S/C11H10FN/c12-9-3-4-10-8(5-9)6-11(13-10)7-1-2-7/h3-7,13H,1-2H2. The van der Waals surface area contributed by atoms with E-state index in [-0.39, 0.29) is 5.82 Å². The number of hydrogen-bond acceptors (Lipinski definition) is 0. The van der Waals surface area contributed by atoms with Gasteiger partial charge in [-0.3, -0.25) is 0 Å². The van der Waals surface area contributed by atoms with Gasteiger partial charge in [-0.1, -0.05) is 0 Å². The summed E-state index contributed by atoms with van der Waals surface area (Å²) in [5.41, 5.74) is 2.31. The van der Waals surface area contributed by atoms with E-state index in [0.29, 0.717) is 5.92 Å². The number of H-pyrrole nitrogens is 1. The van der Waals surface area contributed by atoms with E-state index in [4.69, 9.17) is 0 Å². The van der Waals surface area contributed by atoms with Crippen LogP contribution in [0.3, 0.4) is 0 Å². The maximum atomic E-state index is 12.8. The highest BCUT2D eigenvalue weighted by molar-refractivity contribution is 5.80. The summed E-state index contributed by atoms with van der Waals surface area (Å²) in [5, 5.41) is 0.988. The van der Waals surface area contributed by atoms with E-state index >= 15 is 0 Å². The first kappa shape index (κ1) is 7.13. The van der Waals surface area contributed by atoms with E-state index < -0.39 is 0 Å². The van der Waals surface area contributed by atoms with Gasteiger partial charge in [0.2, 0.25) is 0 Å². The second-order valence-corrected chi connectivity index (χ2v) is 3.73. The fraction of sp³-hybridized carbons (Fsp3) is 0.273. The number of halogens is 1. The van der Waals surface area contributed by atoms with Gasteiger partial charge in [0.25, 0.3) is 0 Å². The molecular weight excluding hydrogens is 165 g/mol. The second-order valence-electron chi connectivity index (χ2n) is 3.73. The third-order valence-corrected chi connectivity index (χ3v) is 2.62. The molecule has 1 nitrogen and oxygen atoms in total. The average molecular weight is 175 g/mol. The number of nitrogens with one attached hydrogen (secondary N) is 1. The zero-order valence-corrected chi connectivity index (χ0v) is 7.18. The lowest BCUT2D eigenvalue weighted by Crippen LogP contribution is -1.75. The van der Waals surface area contributed by atoms with Crippen molar-refractivity contribution < 1.29 is 4.39 Å². The van der Waals surface area contributed by atoms with Crippen molar-refractivity contribution in [3.8, 4) is 0 Å². The first-order chi connectivity index (χ1) is 6.33. The summed E-state index contributed by atoms with van der Waals surface area (Å²) in [7, 11) is 0. The van der Waals surface area contributed by atoms with Crippen molar-refractivity contribution in [3.05, 3.63) is 35.8 Å². The van der Waals surface area contributed by atoms with Crippen LogP contribution in [-0.4, -0.2) is 4.98 Å². The van der Waals surface area contributed by atoms with Crippen LogP contribution >= 0.6 is 0 Å². The Hall–Kier alpha value is -1.31. The van der Waals surface area contributed by atoms with E-state index in [0.717, 1.165) is 10.9 Å². The molecule has 0 amide bonds. The predicted molar refractivity (Wildman–Crippen MR) is 50.2 cm³/mol. The van der Waals surface area contributed by atoms with Crippen LogP contribution in [0.4, 0.5) is 4.39 Å². The smallest absolute Gasteiger partial charge is 0.123 e. The lowest BCUT2D eigenvalue weighted by molar-refractivity contribution is 0.630. The van der Waals surface area contributed by atoms with Crippen molar-refractivity contribution in [1.29, 1.82) is 0 Å². The van der Waals surface area contributed by atoms with Crippen molar-refractivity contribution in [2.24, 2.45) is 0 Å². The quantitative estimate of drug-likeness (QED) is 0.685. The van der Waals surface area contributed by atoms with E-state index in [1.54, 1.807) is 12.1 Å². The molecule has 0 unspecified atom stereocenters. The Morgan fingerprint density at radius 3 is 2.85 bits per heavy atom. The highest BCUT2D eigenvalue weighted by Crippen LogP contribution is 2.40. The number of benzene rings is 1. The Morgan fingerprint density at radius 1 is 1.23 bits per heavy atom. The molecule has 1 aromatic carbocycles. The summed E-state index contributed by atoms with van der Waals surface area (Å²) in [6, 6.07) is 6.94. The number of fused-ring (bicyclic) bond motifs is 1. The Morgan fingerprint density at radius 2 is 2.08 bits per heavy atom. The van der Waals surface area contributed by atoms with Gasteiger partial charge in [-0.25, -0.2) is 4.39 Å². The summed E-state index contributed by atoms with van der Waals surface area (Å²) < 4.78 is 12.8. The van der Waals surface area contributed by atoms with Crippen molar-refractivity contribution in [2.75, 3.05) is 0 Å². The minimum Gasteiger partial charge on any atom is -0.358 e. The van der Waals surface area contributed by atoms with Crippen LogP contribution in [0.5, 0.6) is 0 Å². The third-order valence-electron chi connectivity index (χ3n) is 2.62. The van der Waals surface area contributed by atoms with Gasteiger partial charge in [0.15, 0.2) is 0 Å². The highest BCUT2D eigenvalue weighted by Gasteiger charge is 2.24. The highest BCUT2D eigenvalue weighted by atomic mass is 19.1. The minimum absolute atomic E-state index is 0.158. The Labute approximate surface area is 75.6 Å². The van der Waals surface area contributed by atoms with Crippen molar-refractivity contribution in [3.63, 3.8) is 0 Å². The summed E-state index contributed by atoms with van der Waals surface area (Å²) in [5.74, 6) is 0.546. The molecule has 1 N–H and O–H groups in total. The fourth-order valence-corrected chi connectivity index (χ4v) is 1.74. The Bertz CT molecular complexity index is 454. The molecular formula is C11H10FN. The van der Waals surface area contributed by atoms with Crippen LogP contribution in [0.1, 0.15) is 24.5 Å². The van der Waals surface area contributed by atoms with Gasteiger partial charge in [0.05, 0.1) is 0 Å². The Balaban J connectivity index is 2.20. The predicted octanol–water partition coefficient (Wildman–Crippen LogP) is 3.18. The zero-order chi connectivity index (χ0) is 8.84. The van der Waals surface area contributed by atoms with E-state index in [1.165, 1.54) is 24.6 Å².